The largest absolute Gasteiger partial charge is 0.385 e. The van der Waals surface area contributed by atoms with Crippen molar-refractivity contribution in [1.29, 1.82) is 0 Å². The zero-order valence-electron chi connectivity index (χ0n) is 11.7. The highest BCUT2D eigenvalue weighted by molar-refractivity contribution is 5.81. The number of likely N-dealkylation sites (N-methyl/N-ethyl adjacent to an activating group) is 1. The fraction of sp³-hybridized carbons (Fsp3) is 0.923. The Balaban J connectivity index is 2.18. The van der Waals surface area contributed by atoms with Crippen molar-refractivity contribution in [2.45, 2.75) is 44.2 Å². The summed E-state index contributed by atoms with van der Waals surface area (Å²) in [7, 11) is 3.78. The van der Waals surface area contributed by atoms with Gasteiger partial charge in [0.2, 0.25) is 5.91 Å². The van der Waals surface area contributed by atoms with Gasteiger partial charge in [-0.1, -0.05) is 6.42 Å². The molecule has 18 heavy (non-hydrogen) atoms. The van der Waals surface area contributed by atoms with Crippen LogP contribution in [-0.4, -0.2) is 56.7 Å². The van der Waals surface area contributed by atoms with Crippen LogP contribution in [0, 0.1) is 0 Å². The number of methoxy groups -OCH3 is 1. The van der Waals surface area contributed by atoms with Crippen molar-refractivity contribution in [3.8, 4) is 0 Å². The quantitative estimate of drug-likeness (QED) is 0.645. The first-order valence-electron chi connectivity index (χ1n) is 6.87. The molecule has 0 radical (unpaired) electrons. The van der Waals surface area contributed by atoms with Crippen molar-refractivity contribution < 1.29 is 9.53 Å². The lowest BCUT2D eigenvalue weighted by Crippen LogP contribution is -2.48. The summed E-state index contributed by atoms with van der Waals surface area (Å²) in [4.78, 5) is 14.1. The maximum Gasteiger partial charge on any atom is 0.236 e. The molecule has 3 N–H and O–H groups in total. The molecular formula is C13H27N3O2. The molecule has 1 fully saturated rings. The predicted octanol–water partition coefficient (Wildman–Crippen LogP) is 0.341. The molecule has 1 heterocycles. The van der Waals surface area contributed by atoms with Gasteiger partial charge in [-0.05, 0) is 39.3 Å². The molecule has 106 valence electrons. The summed E-state index contributed by atoms with van der Waals surface area (Å²) in [5.74, 6) is -0.0370. The van der Waals surface area contributed by atoms with Crippen LogP contribution >= 0.6 is 0 Å². The van der Waals surface area contributed by atoms with Gasteiger partial charge in [-0.25, -0.2) is 0 Å². The van der Waals surface area contributed by atoms with Crippen LogP contribution in [0.15, 0.2) is 0 Å². The number of piperidine rings is 1. The van der Waals surface area contributed by atoms with Crippen LogP contribution in [-0.2, 0) is 9.53 Å². The summed E-state index contributed by atoms with van der Waals surface area (Å²) in [5.41, 5.74) is 5.83. The van der Waals surface area contributed by atoms with Gasteiger partial charge in [0.05, 0.1) is 6.04 Å². The number of likely N-dealkylation sites (tertiary alicyclic amines) is 1. The van der Waals surface area contributed by atoms with Crippen molar-refractivity contribution in [1.82, 2.24) is 10.2 Å². The molecule has 0 aromatic carbocycles. The van der Waals surface area contributed by atoms with Crippen molar-refractivity contribution in [3.63, 3.8) is 0 Å². The van der Waals surface area contributed by atoms with Gasteiger partial charge in [0.15, 0.2) is 0 Å². The van der Waals surface area contributed by atoms with Crippen LogP contribution in [0.5, 0.6) is 0 Å². The molecule has 5 nitrogen and oxygen atoms in total. The standard InChI is InChI=1S/C13H27N3O2/c1-16-8-4-3-6-11(16)10-15-13(17)12(14)7-5-9-18-2/h11-12H,3-10,14H2,1-2H3,(H,15,17). The number of amides is 1. The zero-order valence-corrected chi connectivity index (χ0v) is 11.7. The molecule has 1 amide bonds. The highest BCUT2D eigenvalue weighted by Gasteiger charge is 2.20. The molecular weight excluding hydrogens is 230 g/mol. The number of hydrogen-bond acceptors (Lipinski definition) is 4. The molecule has 2 unspecified atom stereocenters. The van der Waals surface area contributed by atoms with Crippen LogP contribution in [0.2, 0.25) is 0 Å². The van der Waals surface area contributed by atoms with Gasteiger partial charge in [0, 0.05) is 26.3 Å². The molecule has 0 aliphatic carbocycles. The summed E-state index contributed by atoms with van der Waals surface area (Å²) in [5, 5.41) is 2.96. The van der Waals surface area contributed by atoms with E-state index in [2.05, 4.69) is 17.3 Å². The first-order chi connectivity index (χ1) is 8.65. The average molecular weight is 257 g/mol. The van der Waals surface area contributed by atoms with Crippen LogP contribution in [0.3, 0.4) is 0 Å². The average Bonchev–Trinajstić information content (AvgIpc) is 2.37. The number of ether oxygens (including phenoxy) is 1. The van der Waals surface area contributed by atoms with Crippen molar-refractivity contribution in [3.05, 3.63) is 0 Å². The van der Waals surface area contributed by atoms with E-state index in [0.717, 1.165) is 19.4 Å². The first-order valence-corrected chi connectivity index (χ1v) is 6.87. The van der Waals surface area contributed by atoms with Crippen LogP contribution in [0.1, 0.15) is 32.1 Å². The molecule has 1 aliphatic rings. The maximum atomic E-state index is 11.8. The van der Waals surface area contributed by atoms with Crippen molar-refractivity contribution in [2.75, 3.05) is 33.9 Å². The summed E-state index contributed by atoms with van der Waals surface area (Å²) in [6, 6.07) is 0.0583. The maximum absolute atomic E-state index is 11.8. The Morgan fingerprint density at radius 2 is 2.33 bits per heavy atom. The molecule has 5 heteroatoms. The lowest BCUT2D eigenvalue weighted by molar-refractivity contribution is -0.122. The minimum Gasteiger partial charge on any atom is -0.385 e. The second-order valence-corrected chi connectivity index (χ2v) is 5.12. The van der Waals surface area contributed by atoms with Gasteiger partial charge in [0.25, 0.3) is 0 Å². The minimum atomic E-state index is -0.408. The predicted molar refractivity (Wildman–Crippen MR) is 72.4 cm³/mol. The molecule has 0 aromatic heterocycles. The fourth-order valence-electron chi connectivity index (χ4n) is 2.33. The third-order valence-corrected chi connectivity index (χ3v) is 3.63. The van der Waals surface area contributed by atoms with Crippen LogP contribution < -0.4 is 11.1 Å². The number of carbonyl (C=O) groups is 1. The third kappa shape index (κ3) is 5.33. The molecule has 2 atom stereocenters. The van der Waals surface area contributed by atoms with E-state index in [4.69, 9.17) is 10.5 Å². The number of hydrogen-bond donors (Lipinski definition) is 2. The molecule has 1 aliphatic heterocycles. The Morgan fingerprint density at radius 3 is 3.00 bits per heavy atom. The van der Waals surface area contributed by atoms with E-state index in [1.807, 2.05) is 0 Å². The van der Waals surface area contributed by atoms with Gasteiger partial charge >= 0.3 is 0 Å². The van der Waals surface area contributed by atoms with Gasteiger partial charge in [-0.3, -0.25) is 4.79 Å². The van der Waals surface area contributed by atoms with E-state index >= 15 is 0 Å². The van der Waals surface area contributed by atoms with E-state index in [0.29, 0.717) is 25.6 Å². The smallest absolute Gasteiger partial charge is 0.236 e. The number of nitrogens with one attached hydrogen (secondary N) is 1. The third-order valence-electron chi connectivity index (χ3n) is 3.63. The molecule has 0 saturated carbocycles. The topological polar surface area (TPSA) is 67.6 Å². The summed E-state index contributed by atoms with van der Waals surface area (Å²) < 4.78 is 4.95. The van der Waals surface area contributed by atoms with Gasteiger partial charge in [-0.2, -0.15) is 0 Å². The molecule has 1 rings (SSSR count). The second kappa shape index (κ2) is 8.45. The lowest BCUT2D eigenvalue weighted by Gasteiger charge is -2.32. The summed E-state index contributed by atoms with van der Waals surface area (Å²) >= 11 is 0. The Kier molecular flexibility index (Phi) is 7.23. The van der Waals surface area contributed by atoms with E-state index in [1.165, 1.54) is 12.8 Å². The van der Waals surface area contributed by atoms with E-state index in [-0.39, 0.29) is 5.91 Å². The Bertz CT molecular complexity index is 248. The van der Waals surface area contributed by atoms with Gasteiger partial charge in [-0.15, -0.1) is 0 Å². The van der Waals surface area contributed by atoms with E-state index in [9.17, 15) is 4.79 Å². The zero-order chi connectivity index (χ0) is 13.4. The Hall–Kier alpha value is -0.650. The normalized spacial score (nSPS) is 22.7. The van der Waals surface area contributed by atoms with E-state index < -0.39 is 6.04 Å². The molecule has 0 aromatic rings. The van der Waals surface area contributed by atoms with Gasteiger partial charge in [0.1, 0.15) is 0 Å². The molecule has 0 spiro atoms. The minimum absolute atomic E-state index is 0.0370. The fourth-order valence-corrected chi connectivity index (χ4v) is 2.33. The monoisotopic (exact) mass is 257 g/mol. The highest BCUT2D eigenvalue weighted by Crippen LogP contribution is 2.13. The number of rotatable bonds is 7. The van der Waals surface area contributed by atoms with Crippen molar-refractivity contribution in [2.24, 2.45) is 5.73 Å². The van der Waals surface area contributed by atoms with Crippen LogP contribution in [0.4, 0.5) is 0 Å². The SMILES string of the molecule is COCCCC(N)C(=O)NCC1CCCCN1C. The van der Waals surface area contributed by atoms with E-state index in [1.54, 1.807) is 7.11 Å². The summed E-state index contributed by atoms with van der Waals surface area (Å²) in [6.07, 6.45) is 5.19. The second-order valence-electron chi connectivity index (χ2n) is 5.12. The number of nitrogens with two attached hydrogens (primary N) is 1. The van der Waals surface area contributed by atoms with Gasteiger partial charge < -0.3 is 20.7 Å². The molecule has 1 saturated heterocycles. The van der Waals surface area contributed by atoms with Crippen LogP contribution in [0.25, 0.3) is 0 Å². The Labute approximate surface area is 110 Å². The number of carbonyl (C=O) groups excluding carboxylic acids is 1. The number of nitrogens with zero attached hydrogens (tertiary/aromatic N) is 1. The first kappa shape index (κ1) is 15.4. The van der Waals surface area contributed by atoms with Crippen molar-refractivity contribution >= 4 is 5.91 Å². The molecule has 0 bridgehead atoms. The highest BCUT2D eigenvalue weighted by atomic mass is 16.5. The lowest BCUT2D eigenvalue weighted by atomic mass is 10.0. The summed E-state index contributed by atoms with van der Waals surface area (Å²) in [6.45, 7) is 2.50. The Morgan fingerprint density at radius 1 is 1.56 bits per heavy atom.